The van der Waals surface area contributed by atoms with Crippen LogP contribution in [0.15, 0.2) is 79.1 Å². The maximum atomic E-state index is 13.1. The van der Waals surface area contributed by atoms with Gasteiger partial charge in [-0.25, -0.2) is 4.39 Å². The summed E-state index contributed by atoms with van der Waals surface area (Å²) in [6, 6.07) is 18.5. The first kappa shape index (κ1) is 28.1. The minimum atomic E-state index is -0.350. The number of carbonyl (C=O) groups excluding carboxylic acids is 1. The zero-order valence-corrected chi connectivity index (χ0v) is 22.1. The minimum absolute atomic E-state index is 0. The second-order valence-electron chi connectivity index (χ2n) is 8.10. The quantitative estimate of drug-likeness (QED) is 0.297. The van der Waals surface area contributed by atoms with Crippen molar-refractivity contribution in [2.24, 2.45) is 0 Å². The molecule has 1 atom stereocenters. The number of nitrogens with one attached hydrogen (secondary N) is 1. The molecule has 1 aliphatic heterocycles. The van der Waals surface area contributed by atoms with Crippen LogP contribution in [-0.4, -0.2) is 35.5 Å². The lowest BCUT2D eigenvalue weighted by atomic mass is 10.1. The summed E-state index contributed by atoms with van der Waals surface area (Å²) >= 11 is 18.4. The third-order valence-corrected chi connectivity index (χ3v) is 6.26. The van der Waals surface area contributed by atoms with Crippen LogP contribution in [0.25, 0.3) is 0 Å². The van der Waals surface area contributed by atoms with Crippen LogP contribution in [0.3, 0.4) is 0 Å². The number of hydrogen-bond donors (Lipinski definition) is 1. The molecule has 0 radical (unpaired) electrons. The number of anilines is 1. The van der Waals surface area contributed by atoms with E-state index in [1.807, 2.05) is 47.6 Å². The van der Waals surface area contributed by atoms with Crippen molar-refractivity contribution in [3.05, 3.63) is 111 Å². The standard InChI is InChI=1S/C26H23Cl3FN3O2.ClH/c27-20-4-1-18(2-5-20)25(35-16-19-3-6-21(28)13-24(19)29)14-32-11-12-33(17-32)15-26(34)31-23-9-7-22(30)8-10-23;/h1-13,25H,14-17H2,(H,31,34);1H. The zero-order valence-electron chi connectivity index (χ0n) is 19.0. The summed E-state index contributed by atoms with van der Waals surface area (Å²) in [5.74, 6) is -0.539. The summed E-state index contributed by atoms with van der Waals surface area (Å²) in [4.78, 5) is 16.3. The molecule has 1 heterocycles. The summed E-state index contributed by atoms with van der Waals surface area (Å²) in [5.41, 5.74) is 2.36. The number of amides is 1. The van der Waals surface area contributed by atoms with E-state index in [2.05, 4.69) is 10.2 Å². The summed E-state index contributed by atoms with van der Waals surface area (Å²) < 4.78 is 19.3. The smallest absolute Gasteiger partial charge is 0.243 e. The molecule has 1 amide bonds. The van der Waals surface area contributed by atoms with Crippen molar-refractivity contribution in [1.82, 2.24) is 9.80 Å². The first-order chi connectivity index (χ1) is 16.9. The molecule has 5 nitrogen and oxygen atoms in total. The maximum Gasteiger partial charge on any atom is 0.243 e. The van der Waals surface area contributed by atoms with Crippen LogP contribution in [0.1, 0.15) is 17.2 Å². The Morgan fingerprint density at radius 1 is 0.944 bits per heavy atom. The van der Waals surface area contributed by atoms with Gasteiger partial charge in [0.25, 0.3) is 0 Å². The minimum Gasteiger partial charge on any atom is -0.367 e. The van der Waals surface area contributed by atoms with E-state index in [1.165, 1.54) is 24.3 Å². The van der Waals surface area contributed by atoms with Crippen molar-refractivity contribution < 1.29 is 13.9 Å². The SMILES string of the molecule is Cl.O=C(CN1C=CN(CC(OCc2ccc(Cl)cc2Cl)c2ccc(Cl)cc2)C1)Nc1ccc(F)cc1. The fraction of sp³-hybridized carbons (Fsp3) is 0.192. The Morgan fingerprint density at radius 2 is 1.61 bits per heavy atom. The van der Waals surface area contributed by atoms with Crippen LogP contribution in [0.2, 0.25) is 15.1 Å². The van der Waals surface area contributed by atoms with Gasteiger partial charge in [-0.05, 0) is 59.7 Å². The number of benzene rings is 3. The van der Waals surface area contributed by atoms with Gasteiger partial charge in [-0.2, -0.15) is 0 Å². The van der Waals surface area contributed by atoms with Gasteiger partial charge < -0.3 is 19.9 Å². The van der Waals surface area contributed by atoms with Gasteiger partial charge in [0.05, 0.1) is 19.8 Å². The molecule has 36 heavy (non-hydrogen) atoms. The Morgan fingerprint density at radius 3 is 2.31 bits per heavy atom. The highest BCUT2D eigenvalue weighted by atomic mass is 35.5. The van der Waals surface area contributed by atoms with Gasteiger partial charge in [0.1, 0.15) is 11.9 Å². The molecule has 0 spiro atoms. The topological polar surface area (TPSA) is 44.8 Å². The van der Waals surface area contributed by atoms with Crippen molar-refractivity contribution in [3.8, 4) is 0 Å². The fourth-order valence-corrected chi connectivity index (χ4v) is 4.22. The average Bonchev–Trinajstić information content (AvgIpc) is 3.26. The lowest BCUT2D eigenvalue weighted by Gasteiger charge is -2.26. The number of carbonyl (C=O) groups is 1. The lowest BCUT2D eigenvalue weighted by Crippen LogP contribution is -2.34. The predicted octanol–water partition coefficient (Wildman–Crippen LogP) is 7.15. The number of halogens is 5. The Balaban J connectivity index is 0.00000361. The van der Waals surface area contributed by atoms with E-state index in [1.54, 1.807) is 12.1 Å². The summed E-state index contributed by atoms with van der Waals surface area (Å²) in [5, 5.41) is 4.53. The van der Waals surface area contributed by atoms with Crippen molar-refractivity contribution in [1.29, 1.82) is 0 Å². The van der Waals surface area contributed by atoms with Crippen LogP contribution < -0.4 is 5.32 Å². The first-order valence-electron chi connectivity index (χ1n) is 10.9. The number of nitrogens with zero attached hydrogens (tertiary/aromatic N) is 2. The zero-order chi connectivity index (χ0) is 24.8. The molecule has 0 aromatic heterocycles. The van der Waals surface area contributed by atoms with E-state index in [0.29, 0.717) is 40.6 Å². The predicted molar refractivity (Wildman–Crippen MR) is 145 cm³/mol. The Bertz CT molecular complexity index is 1190. The third-order valence-electron chi connectivity index (χ3n) is 5.42. The van der Waals surface area contributed by atoms with Crippen molar-refractivity contribution in [2.75, 3.05) is 25.1 Å². The summed E-state index contributed by atoms with van der Waals surface area (Å²) in [6.45, 7) is 1.55. The summed E-state index contributed by atoms with van der Waals surface area (Å²) in [6.07, 6.45) is 3.52. The highest BCUT2D eigenvalue weighted by molar-refractivity contribution is 6.35. The molecule has 0 fully saturated rings. The normalized spacial score (nSPS) is 13.4. The van der Waals surface area contributed by atoms with Gasteiger partial charge in [-0.3, -0.25) is 4.79 Å². The first-order valence-corrected chi connectivity index (χ1v) is 12.0. The lowest BCUT2D eigenvalue weighted by molar-refractivity contribution is -0.116. The van der Waals surface area contributed by atoms with Gasteiger partial charge in [0.2, 0.25) is 5.91 Å². The molecule has 4 rings (SSSR count). The molecule has 0 bridgehead atoms. The highest BCUT2D eigenvalue weighted by Crippen LogP contribution is 2.27. The van der Waals surface area contributed by atoms with Crippen LogP contribution in [-0.2, 0) is 16.1 Å². The third kappa shape index (κ3) is 8.02. The number of hydrogen-bond acceptors (Lipinski definition) is 4. The van der Waals surface area contributed by atoms with Crippen LogP contribution >= 0.6 is 47.2 Å². The molecule has 3 aromatic carbocycles. The van der Waals surface area contributed by atoms with Crippen LogP contribution in [0, 0.1) is 5.82 Å². The van der Waals surface area contributed by atoms with E-state index >= 15 is 0 Å². The average molecular weight is 571 g/mol. The molecule has 0 saturated carbocycles. The van der Waals surface area contributed by atoms with Gasteiger partial charge in [0, 0.05) is 39.7 Å². The van der Waals surface area contributed by atoms with E-state index in [0.717, 1.165) is 11.1 Å². The van der Waals surface area contributed by atoms with Crippen LogP contribution in [0.5, 0.6) is 0 Å². The second-order valence-corrected chi connectivity index (χ2v) is 9.38. The highest BCUT2D eigenvalue weighted by Gasteiger charge is 2.21. The Labute approximate surface area is 230 Å². The molecule has 1 unspecified atom stereocenters. The molecular formula is C26H24Cl4FN3O2. The molecule has 3 aromatic rings. The van der Waals surface area contributed by atoms with Gasteiger partial charge in [0.15, 0.2) is 0 Å². The van der Waals surface area contributed by atoms with E-state index in [4.69, 9.17) is 39.5 Å². The fourth-order valence-electron chi connectivity index (χ4n) is 3.63. The number of ether oxygens (including phenoxy) is 1. The molecule has 0 saturated heterocycles. The largest absolute Gasteiger partial charge is 0.367 e. The second kappa shape index (κ2) is 13.2. The molecular weight excluding hydrogens is 547 g/mol. The molecule has 1 N–H and O–H groups in total. The van der Waals surface area contributed by atoms with E-state index in [9.17, 15) is 9.18 Å². The van der Waals surface area contributed by atoms with Crippen molar-refractivity contribution >= 4 is 58.8 Å². The molecule has 1 aliphatic rings. The number of rotatable bonds is 9. The Hall–Kier alpha value is -2.48. The van der Waals surface area contributed by atoms with Crippen molar-refractivity contribution in [2.45, 2.75) is 12.7 Å². The Kier molecular flexibility index (Phi) is 10.3. The van der Waals surface area contributed by atoms with Gasteiger partial charge in [-0.1, -0.05) is 53.0 Å². The monoisotopic (exact) mass is 569 g/mol. The maximum absolute atomic E-state index is 13.1. The molecule has 190 valence electrons. The van der Waals surface area contributed by atoms with Gasteiger partial charge in [-0.15, -0.1) is 12.4 Å². The molecule has 10 heteroatoms. The van der Waals surface area contributed by atoms with Gasteiger partial charge >= 0.3 is 0 Å². The van der Waals surface area contributed by atoms with E-state index in [-0.39, 0.29) is 36.8 Å². The van der Waals surface area contributed by atoms with E-state index < -0.39 is 0 Å². The summed E-state index contributed by atoms with van der Waals surface area (Å²) in [7, 11) is 0. The van der Waals surface area contributed by atoms with Crippen molar-refractivity contribution in [3.63, 3.8) is 0 Å². The molecule has 0 aliphatic carbocycles. The van der Waals surface area contributed by atoms with Crippen LogP contribution in [0.4, 0.5) is 10.1 Å².